The molecule has 0 saturated carbocycles. The lowest BCUT2D eigenvalue weighted by molar-refractivity contribution is -0.741. The van der Waals surface area contributed by atoms with Crippen LogP contribution in [-0.4, -0.2) is 27.1 Å². The summed E-state index contributed by atoms with van der Waals surface area (Å²) in [4.78, 5) is 0.303. The molecule has 1 saturated heterocycles. The molecule has 0 aliphatic carbocycles. The smallest absolute Gasteiger partial charge is 0.211 e. The zero-order chi connectivity index (χ0) is 19.9. The van der Waals surface area contributed by atoms with Crippen LogP contribution < -0.4 is 4.57 Å². The lowest BCUT2D eigenvalue weighted by Crippen LogP contribution is -2.52. The first-order valence-corrected chi connectivity index (χ1v) is 11.1. The molecule has 0 unspecified atom stereocenters. The van der Waals surface area contributed by atoms with Crippen molar-refractivity contribution in [2.45, 2.75) is 36.7 Å². The molecule has 5 nitrogen and oxygen atoms in total. The second-order valence-electron chi connectivity index (χ2n) is 7.68. The zero-order valence-electron chi connectivity index (χ0n) is 16.2. The minimum atomic E-state index is -3.23. The van der Waals surface area contributed by atoms with E-state index in [1.165, 1.54) is 11.6 Å². The number of nitrogens with zero attached hydrogens (tertiary/aromatic N) is 1. The highest BCUT2D eigenvalue weighted by Gasteiger charge is 2.42. The number of rotatable bonds is 3. The predicted octanol–water partition coefficient (Wildman–Crippen LogP) is 3.60. The van der Waals surface area contributed by atoms with E-state index >= 15 is 0 Å². The fourth-order valence-electron chi connectivity index (χ4n) is 3.59. The van der Waals surface area contributed by atoms with E-state index < -0.39 is 15.6 Å². The third kappa shape index (κ3) is 3.81. The number of aromatic nitrogens is 1. The molecule has 0 amide bonds. The van der Waals surface area contributed by atoms with Crippen molar-refractivity contribution in [1.29, 1.82) is 0 Å². The Kier molecular flexibility index (Phi) is 4.73. The maximum atomic E-state index is 11.8. The lowest BCUT2D eigenvalue weighted by Gasteiger charge is -2.38. The van der Waals surface area contributed by atoms with Crippen LogP contribution in [-0.2, 0) is 19.3 Å². The summed E-state index contributed by atoms with van der Waals surface area (Å²) in [6.45, 7) is 4.28. The molecule has 0 bridgehead atoms. The van der Waals surface area contributed by atoms with Crippen LogP contribution in [0.25, 0.3) is 10.8 Å². The first kappa shape index (κ1) is 19.1. The Hall–Kier alpha value is -2.28. The number of hydrogen-bond acceptors (Lipinski definition) is 4. The number of sulfone groups is 1. The van der Waals surface area contributed by atoms with Gasteiger partial charge < -0.3 is 9.47 Å². The Balaban J connectivity index is 1.74. The fourth-order valence-corrected chi connectivity index (χ4v) is 4.22. The van der Waals surface area contributed by atoms with E-state index in [0.717, 1.165) is 10.9 Å². The summed E-state index contributed by atoms with van der Waals surface area (Å²) in [5, 5.41) is 2.31. The van der Waals surface area contributed by atoms with Crippen LogP contribution in [0.4, 0.5) is 0 Å². The van der Waals surface area contributed by atoms with E-state index in [-0.39, 0.29) is 12.1 Å². The monoisotopic (exact) mass is 398 g/mol. The van der Waals surface area contributed by atoms with Crippen molar-refractivity contribution in [1.82, 2.24) is 0 Å². The molecule has 146 valence electrons. The van der Waals surface area contributed by atoms with Crippen molar-refractivity contribution in [3.8, 4) is 0 Å². The van der Waals surface area contributed by atoms with Crippen molar-refractivity contribution in [2.24, 2.45) is 0 Å². The van der Waals surface area contributed by atoms with E-state index in [4.69, 9.17) is 9.47 Å². The van der Waals surface area contributed by atoms with Gasteiger partial charge in [-0.3, -0.25) is 0 Å². The average molecular weight is 399 g/mol. The number of hydrogen-bond donors (Lipinski definition) is 0. The summed E-state index contributed by atoms with van der Waals surface area (Å²) in [6.07, 6.45) is 5.09. The van der Waals surface area contributed by atoms with Gasteiger partial charge in [-0.25, -0.2) is 8.42 Å². The van der Waals surface area contributed by atoms with Crippen LogP contribution >= 0.6 is 0 Å². The highest BCUT2D eigenvalue weighted by atomic mass is 32.2. The van der Waals surface area contributed by atoms with E-state index in [2.05, 4.69) is 29.0 Å². The summed E-state index contributed by atoms with van der Waals surface area (Å²) in [5.41, 5.74) is 0.925. The fraction of sp³-hybridized carbons (Fsp3) is 0.318. The van der Waals surface area contributed by atoms with E-state index in [1.54, 1.807) is 12.1 Å². The number of fused-ring (bicyclic) bond motifs is 1. The van der Waals surface area contributed by atoms with E-state index in [1.807, 2.05) is 44.3 Å². The van der Waals surface area contributed by atoms with E-state index in [9.17, 15) is 8.42 Å². The molecular weight excluding hydrogens is 374 g/mol. The van der Waals surface area contributed by atoms with Gasteiger partial charge in [0.25, 0.3) is 0 Å². The SMILES string of the molecule is CC1(C)OC[C@H]([n+]2ccc3ccccc3c2)[C@H](c2ccc(S(C)(=O)=O)cc2)O1. The Labute approximate surface area is 165 Å². The zero-order valence-corrected chi connectivity index (χ0v) is 17.0. The van der Waals surface area contributed by atoms with Gasteiger partial charge in [0.05, 0.1) is 4.90 Å². The molecule has 2 aromatic carbocycles. The molecule has 6 heteroatoms. The third-order valence-electron chi connectivity index (χ3n) is 5.09. The van der Waals surface area contributed by atoms with Gasteiger partial charge in [0, 0.05) is 17.7 Å². The molecule has 0 N–H and O–H groups in total. The number of pyridine rings is 1. The highest BCUT2D eigenvalue weighted by Crippen LogP contribution is 2.37. The minimum absolute atomic E-state index is 0.0679. The maximum absolute atomic E-state index is 11.8. The van der Waals surface area contributed by atoms with Crippen LogP contribution in [0.5, 0.6) is 0 Å². The summed E-state index contributed by atoms with van der Waals surface area (Å²) < 4.78 is 37.9. The molecule has 2 atom stereocenters. The molecule has 0 spiro atoms. The third-order valence-corrected chi connectivity index (χ3v) is 6.22. The normalized spacial score (nSPS) is 22.2. The van der Waals surface area contributed by atoms with Crippen molar-refractivity contribution >= 4 is 20.6 Å². The molecule has 28 heavy (non-hydrogen) atoms. The van der Waals surface area contributed by atoms with Gasteiger partial charge in [0.15, 0.2) is 28.0 Å². The largest absolute Gasteiger partial charge is 0.343 e. The predicted molar refractivity (Wildman–Crippen MR) is 107 cm³/mol. The quantitative estimate of drug-likeness (QED) is 0.633. The van der Waals surface area contributed by atoms with Gasteiger partial charge in [-0.2, -0.15) is 4.57 Å². The number of ether oxygens (including phenoxy) is 2. The molecule has 2 heterocycles. The average Bonchev–Trinajstić information content (AvgIpc) is 2.66. The van der Waals surface area contributed by atoms with Crippen molar-refractivity contribution in [2.75, 3.05) is 12.9 Å². The second kappa shape index (κ2) is 6.95. The van der Waals surface area contributed by atoms with Crippen LogP contribution in [0.1, 0.15) is 31.6 Å². The molecule has 1 aliphatic heterocycles. The Bertz CT molecular complexity index is 1110. The van der Waals surface area contributed by atoms with Crippen molar-refractivity contribution < 1.29 is 22.5 Å². The molecule has 1 aromatic heterocycles. The minimum Gasteiger partial charge on any atom is -0.343 e. The first-order chi connectivity index (χ1) is 13.2. The Morgan fingerprint density at radius 2 is 1.68 bits per heavy atom. The molecule has 3 aromatic rings. The Morgan fingerprint density at radius 1 is 1.00 bits per heavy atom. The maximum Gasteiger partial charge on any atom is 0.211 e. The van der Waals surface area contributed by atoms with Crippen molar-refractivity contribution in [3.63, 3.8) is 0 Å². The summed E-state index contributed by atoms with van der Waals surface area (Å²) >= 11 is 0. The molecular formula is C22H24NO4S+. The van der Waals surface area contributed by atoms with Gasteiger partial charge in [-0.1, -0.05) is 30.3 Å². The van der Waals surface area contributed by atoms with Crippen LogP contribution in [0, 0.1) is 0 Å². The van der Waals surface area contributed by atoms with Crippen LogP contribution in [0.2, 0.25) is 0 Å². The Morgan fingerprint density at radius 3 is 2.36 bits per heavy atom. The molecule has 1 fully saturated rings. The molecule has 0 radical (unpaired) electrons. The van der Waals surface area contributed by atoms with Gasteiger partial charge >= 0.3 is 0 Å². The van der Waals surface area contributed by atoms with E-state index in [0.29, 0.717) is 11.5 Å². The lowest BCUT2D eigenvalue weighted by atomic mass is 10.00. The summed E-state index contributed by atoms with van der Waals surface area (Å²) in [7, 11) is -3.23. The summed E-state index contributed by atoms with van der Waals surface area (Å²) in [5.74, 6) is -0.714. The van der Waals surface area contributed by atoms with Gasteiger partial charge in [-0.05, 0) is 43.0 Å². The van der Waals surface area contributed by atoms with Crippen molar-refractivity contribution in [3.05, 3.63) is 72.6 Å². The highest BCUT2D eigenvalue weighted by molar-refractivity contribution is 7.90. The molecule has 4 rings (SSSR count). The first-order valence-electron chi connectivity index (χ1n) is 9.24. The topological polar surface area (TPSA) is 56.5 Å². The second-order valence-corrected chi connectivity index (χ2v) is 9.69. The standard InChI is InChI=1S/C22H24NO4S/c1-22(2)26-15-20(23-13-12-16-6-4-5-7-18(16)14-23)21(27-22)17-8-10-19(11-9-17)28(3,24)25/h4-14,20-21H,15H2,1-3H3/q+1/t20-,21-/m0/s1. The van der Waals surface area contributed by atoms with Gasteiger partial charge in [0.1, 0.15) is 12.7 Å². The van der Waals surface area contributed by atoms with Gasteiger partial charge in [0.2, 0.25) is 6.04 Å². The molecule has 1 aliphatic rings. The van der Waals surface area contributed by atoms with Gasteiger partial charge in [-0.15, -0.1) is 0 Å². The summed E-state index contributed by atoms with van der Waals surface area (Å²) in [6, 6.07) is 17.2. The number of benzene rings is 2. The van der Waals surface area contributed by atoms with Crippen LogP contribution in [0.15, 0.2) is 71.9 Å². The van der Waals surface area contributed by atoms with Crippen LogP contribution in [0.3, 0.4) is 0 Å².